The number of nitrogens with zero attached hydrogens (tertiary/aromatic N) is 1. The fourth-order valence-corrected chi connectivity index (χ4v) is 1.97. The summed E-state index contributed by atoms with van der Waals surface area (Å²) in [4.78, 5) is 5.55. The molecule has 4 heteroatoms. The van der Waals surface area contributed by atoms with Crippen LogP contribution in [0.15, 0.2) is 0 Å². The van der Waals surface area contributed by atoms with Gasteiger partial charge in [0, 0.05) is 17.3 Å². The Hall–Kier alpha value is -0.450. The molecule has 0 amide bonds. The van der Waals surface area contributed by atoms with Crippen LogP contribution in [0, 0.1) is 13.8 Å². The van der Waals surface area contributed by atoms with E-state index >= 15 is 0 Å². The van der Waals surface area contributed by atoms with Crippen molar-refractivity contribution in [1.29, 1.82) is 0 Å². The number of aliphatic hydroxyl groups excluding tert-OH is 1. The van der Waals surface area contributed by atoms with Gasteiger partial charge < -0.3 is 10.8 Å². The molecule has 0 aliphatic carbocycles. The molecule has 0 aliphatic rings. The quantitative estimate of drug-likeness (QED) is 0.765. The molecule has 0 fully saturated rings. The largest absolute Gasteiger partial charge is 0.391 e. The Morgan fingerprint density at radius 1 is 1.54 bits per heavy atom. The van der Waals surface area contributed by atoms with Crippen molar-refractivity contribution in [1.82, 2.24) is 4.98 Å². The van der Waals surface area contributed by atoms with E-state index in [4.69, 9.17) is 5.73 Å². The summed E-state index contributed by atoms with van der Waals surface area (Å²) >= 11 is 1.63. The van der Waals surface area contributed by atoms with Crippen LogP contribution in [0.5, 0.6) is 0 Å². The van der Waals surface area contributed by atoms with Gasteiger partial charge in [0.05, 0.1) is 16.8 Å². The number of aryl methyl sites for hydroxylation is 2. The molecule has 0 aliphatic heterocycles. The number of aromatic nitrogens is 1. The van der Waals surface area contributed by atoms with Crippen LogP contribution in [0.1, 0.15) is 22.5 Å². The Kier molecular flexibility index (Phi) is 3.41. The molecule has 0 spiro atoms. The molecule has 13 heavy (non-hydrogen) atoms. The molecule has 0 bridgehead atoms. The highest BCUT2D eigenvalue weighted by Crippen LogP contribution is 2.18. The molecule has 3 nitrogen and oxygen atoms in total. The van der Waals surface area contributed by atoms with Crippen molar-refractivity contribution in [3.63, 3.8) is 0 Å². The first kappa shape index (κ1) is 10.6. The van der Waals surface area contributed by atoms with E-state index in [-0.39, 0.29) is 6.04 Å². The van der Waals surface area contributed by atoms with Crippen LogP contribution in [0.2, 0.25) is 0 Å². The number of thiazole rings is 1. The summed E-state index contributed by atoms with van der Waals surface area (Å²) < 4.78 is 0. The van der Waals surface area contributed by atoms with Crippen molar-refractivity contribution in [2.24, 2.45) is 5.73 Å². The molecule has 1 aromatic rings. The highest BCUT2D eigenvalue weighted by Gasteiger charge is 2.13. The van der Waals surface area contributed by atoms with Crippen LogP contribution in [0.3, 0.4) is 0 Å². The summed E-state index contributed by atoms with van der Waals surface area (Å²) in [5, 5.41) is 10.5. The summed E-state index contributed by atoms with van der Waals surface area (Å²) in [7, 11) is 0. The molecule has 1 rings (SSSR count). The predicted molar refractivity (Wildman–Crippen MR) is 54.9 cm³/mol. The second kappa shape index (κ2) is 4.17. The molecule has 0 saturated carbocycles. The van der Waals surface area contributed by atoms with E-state index in [1.54, 1.807) is 18.3 Å². The van der Waals surface area contributed by atoms with Crippen molar-refractivity contribution in [3.8, 4) is 0 Å². The van der Waals surface area contributed by atoms with Gasteiger partial charge in [0.2, 0.25) is 0 Å². The van der Waals surface area contributed by atoms with Crippen molar-refractivity contribution in [3.05, 3.63) is 15.6 Å². The zero-order valence-corrected chi connectivity index (χ0v) is 9.06. The fourth-order valence-electron chi connectivity index (χ4n) is 0.991. The Labute approximate surface area is 82.6 Å². The van der Waals surface area contributed by atoms with Gasteiger partial charge in [-0.2, -0.15) is 0 Å². The Balaban J connectivity index is 2.64. The molecular formula is C9H16N2OS. The first-order chi connectivity index (χ1) is 6.00. The van der Waals surface area contributed by atoms with Crippen molar-refractivity contribution in [2.45, 2.75) is 39.3 Å². The Morgan fingerprint density at radius 2 is 2.15 bits per heavy atom. The molecule has 0 saturated heterocycles. The van der Waals surface area contributed by atoms with Gasteiger partial charge in [-0.05, 0) is 20.8 Å². The maximum atomic E-state index is 9.52. The zero-order chi connectivity index (χ0) is 10.0. The Bertz CT molecular complexity index is 264. The lowest BCUT2D eigenvalue weighted by Gasteiger charge is -2.11. The minimum Gasteiger partial charge on any atom is -0.391 e. The number of nitrogens with two attached hydrogens (primary N) is 1. The molecule has 0 radical (unpaired) electrons. The molecule has 2 unspecified atom stereocenters. The van der Waals surface area contributed by atoms with Gasteiger partial charge in [0.15, 0.2) is 0 Å². The second-order valence-corrected chi connectivity index (χ2v) is 4.67. The minimum atomic E-state index is -0.482. The molecule has 1 heterocycles. The molecule has 0 aromatic carbocycles. The smallest absolute Gasteiger partial charge is 0.0957 e. The lowest BCUT2D eigenvalue weighted by Crippen LogP contribution is -2.32. The average Bonchev–Trinajstić information content (AvgIpc) is 2.31. The lowest BCUT2D eigenvalue weighted by molar-refractivity contribution is 0.151. The average molecular weight is 200 g/mol. The van der Waals surface area contributed by atoms with Crippen molar-refractivity contribution in [2.75, 3.05) is 0 Å². The highest BCUT2D eigenvalue weighted by molar-refractivity contribution is 7.11. The molecule has 3 N–H and O–H groups in total. The molecule has 74 valence electrons. The fraction of sp³-hybridized carbons (Fsp3) is 0.667. The second-order valence-electron chi connectivity index (χ2n) is 3.38. The maximum Gasteiger partial charge on any atom is 0.0957 e. The van der Waals surface area contributed by atoms with Crippen LogP contribution in [-0.4, -0.2) is 22.2 Å². The summed E-state index contributed by atoms with van der Waals surface area (Å²) in [5.74, 6) is 0. The first-order valence-corrected chi connectivity index (χ1v) is 5.19. The van der Waals surface area contributed by atoms with Gasteiger partial charge in [0.1, 0.15) is 0 Å². The van der Waals surface area contributed by atoms with Crippen molar-refractivity contribution < 1.29 is 5.11 Å². The van der Waals surface area contributed by atoms with E-state index in [0.29, 0.717) is 6.42 Å². The summed E-state index contributed by atoms with van der Waals surface area (Å²) in [6.45, 7) is 5.82. The summed E-state index contributed by atoms with van der Waals surface area (Å²) in [6.07, 6.45) is 0.0850. The van der Waals surface area contributed by atoms with Gasteiger partial charge in [-0.1, -0.05) is 0 Å². The monoisotopic (exact) mass is 200 g/mol. The highest BCUT2D eigenvalue weighted by atomic mass is 32.1. The third-order valence-electron chi connectivity index (χ3n) is 2.06. The third kappa shape index (κ3) is 2.76. The van der Waals surface area contributed by atoms with E-state index in [1.165, 1.54) is 4.88 Å². The van der Waals surface area contributed by atoms with E-state index in [1.807, 2.05) is 13.8 Å². The molecule has 2 atom stereocenters. The van der Waals surface area contributed by atoms with Gasteiger partial charge in [-0.25, -0.2) is 4.98 Å². The number of hydrogen-bond donors (Lipinski definition) is 2. The maximum absolute atomic E-state index is 9.52. The van der Waals surface area contributed by atoms with E-state index in [0.717, 1.165) is 10.7 Å². The van der Waals surface area contributed by atoms with E-state index < -0.39 is 6.10 Å². The minimum absolute atomic E-state index is 0.190. The van der Waals surface area contributed by atoms with E-state index in [2.05, 4.69) is 4.98 Å². The van der Waals surface area contributed by atoms with Gasteiger partial charge in [-0.15, -0.1) is 11.3 Å². The van der Waals surface area contributed by atoms with Gasteiger partial charge in [-0.3, -0.25) is 0 Å². The van der Waals surface area contributed by atoms with Crippen molar-refractivity contribution >= 4 is 11.3 Å². The number of hydrogen-bond acceptors (Lipinski definition) is 4. The standard InChI is InChI=1S/C9H16N2OS/c1-5(10)8(12)4-9-11-6(2)7(3)13-9/h5,8,12H,4,10H2,1-3H3. The third-order valence-corrected chi connectivity index (χ3v) is 3.16. The molecule has 1 aromatic heterocycles. The van der Waals surface area contributed by atoms with Crippen LogP contribution in [0.4, 0.5) is 0 Å². The SMILES string of the molecule is Cc1nc(CC(O)C(C)N)sc1C. The van der Waals surface area contributed by atoms with Crippen LogP contribution in [-0.2, 0) is 6.42 Å². The molecular weight excluding hydrogens is 184 g/mol. The first-order valence-electron chi connectivity index (χ1n) is 4.37. The predicted octanol–water partition coefficient (Wildman–Crippen LogP) is 1.01. The van der Waals surface area contributed by atoms with Gasteiger partial charge in [0.25, 0.3) is 0 Å². The van der Waals surface area contributed by atoms with E-state index in [9.17, 15) is 5.11 Å². The lowest BCUT2D eigenvalue weighted by atomic mass is 10.1. The number of rotatable bonds is 3. The number of aliphatic hydroxyl groups is 1. The van der Waals surface area contributed by atoms with Crippen LogP contribution < -0.4 is 5.73 Å². The normalized spacial score (nSPS) is 15.8. The van der Waals surface area contributed by atoms with Gasteiger partial charge >= 0.3 is 0 Å². The Morgan fingerprint density at radius 3 is 2.54 bits per heavy atom. The summed E-state index contributed by atoms with van der Waals surface area (Å²) in [5.41, 5.74) is 6.61. The zero-order valence-electron chi connectivity index (χ0n) is 8.24. The topological polar surface area (TPSA) is 59.1 Å². The van der Waals surface area contributed by atoms with Crippen LogP contribution >= 0.6 is 11.3 Å². The van der Waals surface area contributed by atoms with Crippen LogP contribution in [0.25, 0.3) is 0 Å². The summed E-state index contributed by atoms with van der Waals surface area (Å²) in [6, 6.07) is -0.190.